The Hall–Kier alpha value is 1.45. The minimum atomic E-state index is -4.94. The summed E-state index contributed by atoms with van der Waals surface area (Å²) in [6.07, 6.45) is 0. The molecule has 0 N–H and O–H groups in total. The Bertz CT molecular complexity index is 58.0. The van der Waals surface area contributed by atoms with E-state index in [0.29, 0.717) is 0 Å². The fourth-order valence-electron chi connectivity index (χ4n) is 0. The molecule has 0 fully saturated rings. The van der Waals surface area contributed by atoms with E-state index in [0.717, 1.165) is 0 Å². The zero-order valence-electron chi connectivity index (χ0n) is 6.02. The van der Waals surface area contributed by atoms with Gasteiger partial charge in [-0.25, -0.2) is 37.3 Å². The van der Waals surface area contributed by atoms with E-state index in [9.17, 15) is 0 Å². The summed E-state index contributed by atoms with van der Waals surface area (Å²) < 4.78 is 67.9. The van der Waals surface area contributed by atoms with Crippen LogP contribution in [-0.2, 0) is 0 Å². The molecule has 0 aliphatic carbocycles. The Balaban J connectivity index is -0.0000000457. The van der Waals surface area contributed by atoms with Crippen LogP contribution in [0.25, 0.3) is 0 Å². The van der Waals surface area contributed by atoms with E-state index in [1.165, 1.54) is 0 Å². The quantitative estimate of drug-likeness (QED) is 0.354. The predicted octanol–water partition coefficient (Wildman–Crippen LogP) is -15.5. The van der Waals surface area contributed by atoms with Gasteiger partial charge in [-0.1, -0.05) is 0 Å². The van der Waals surface area contributed by atoms with Crippen LogP contribution >= 0.6 is 0 Å². The van der Waals surface area contributed by atoms with Gasteiger partial charge < -0.3 is 0 Å². The monoisotopic (exact) mass is 212 g/mol. The molecule has 0 amide bonds. The molecule has 0 aromatic heterocycles. The van der Waals surface area contributed by atoms with Crippen molar-refractivity contribution >= 4 is 0 Å². The second-order valence-electron chi connectivity index (χ2n) is 0.756. The maximum absolute atomic E-state index is 8.49. The fraction of sp³-hybridized carbons (Fsp3) is 0. The largest absolute Gasteiger partial charge is 1.00 e. The van der Waals surface area contributed by atoms with Crippen molar-refractivity contribution in [3.05, 3.63) is 0 Å². The van der Waals surface area contributed by atoms with Crippen LogP contribution < -0.4 is 75.0 Å². The Labute approximate surface area is 95.3 Å². The molecule has 0 aromatic carbocycles. The first-order valence-corrected chi connectivity index (χ1v) is 3.70. The topological polar surface area (TPSA) is 184 Å². The summed E-state index contributed by atoms with van der Waals surface area (Å²) in [5.41, 5.74) is 0. The molecule has 0 saturated heterocycles. The van der Waals surface area contributed by atoms with Crippen molar-refractivity contribution in [2.75, 3.05) is 0 Å². The zero-order valence-corrected chi connectivity index (χ0v) is 7.53. The Morgan fingerprint density at radius 2 is 0.417 bits per heavy atom. The third-order valence-corrected chi connectivity index (χ3v) is 0. The van der Waals surface area contributed by atoms with Crippen LogP contribution in [0.2, 0.25) is 0 Å². The van der Waals surface area contributed by atoms with Gasteiger partial charge in [0, 0.05) is 0 Å². The minimum Gasteiger partial charge on any atom is -0.222 e. The molecule has 0 rings (SSSR count). The van der Waals surface area contributed by atoms with E-state index < -0.39 is 20.5 Å². The molecule has 8 nitrogen and oxygen atoms in total. The Morgan fingerprint density at radius 3 is 0.417 bits per heavy atom. The van der Waals surface area contributed by atoms with Crippen LogP contribution in [0.4, 0.5) is 0 Å². The normalized spacial score (nSPS) is 10.0. The third kappa shape index (κ3) is 592. The van der Waals surface area contributed by atoms with E-state index in [-0.39, 0.29) is 37.7 Å². The number of hydrogen-bond acceptors (Lipinski definition) is 8. The molecule has 0 heterocycles. The van der Waals surface area contributed by atoms with Crippen LogP contribution in [0.15, 0.2) is 0 Å². The average Bonchev–Trinajstić information content (AvgIpc) is 1.12. The molecule has 0 atom stereocenters. The standard InChI is InChI=1S/2ClHO4.2Li/c2*2-1(3,4)5;;/h2*(H,2,3,4,5);;/q;;2*+1/p-2. The predicted molar refractivity (Wildman–Crippen MR) is 0 cm³/mol. The van der Waals surface area contributed by atoms with Gasteiger partial charge in [0.1, 0.15) is 0 Å². The molecule has 64 valence electrons. The summed E-state index contributed by atoms with van der Waals surface area (Å²) in [5.74, 6) is 0. The molecule has 0 aromatic rings. The van der Waals surface area contributed by atoms with Gasteiger partial charge in [-0.15, -0.1) is 20.5 Å². The molecule has 0 bridgehead atoms. The summed E-state index contributed by atoms with van der Waals surface area (Å²) in [7, 11) is -9.89. The number of rotatable bonds is 0. The van der Waals surface area contributed by atoms with Gasteiger partial charge in [0.15, 0.2) is 0 Å². The van der Waals surface area contributed by atoms with E-state index in [1.54, 1.807) is 0 Å². The molecule has 12 heteroatoms. The summed E-state index contributed by atoms with van der Waals surface area (Å²) in [6, 6.07) is 0. The first kappa shape index (κ1) is 23.3. The van der Waals surface area contributed by atoms with Crippen molar-refractivity contribution in [1.82, 2.24) is 0 Å². The number of halogens is 2. The van der Waals surface area contributed by atoms with Crippen molar-refractivity contribution < 1.29 is 95.5 Å². The van der Waals surface area contributed by atoms with Crippen molar-refractivity contribution in [3.8, 4) is 0 Å². The van der Waals surface area contributed by atoms with Crippen molar-refractivity contribution in [1.29, 1.82) is 0 Å². The molecule has 0 aliphatic heterocycles. The summed E-state index contributed by atoms with van der Waals surface area (Å²) in [4.78, 5) is 0. The second-order valence-corrected chi connectivity index (χ2v) is 2.27. The summed E-state index contributed by atoms with van der Waals surface area (Å²) >= 11 is 0. The third-order valence-electron chi connectivity index (χ3n) is 0. The Kier molecular flexibility index (Phi) is 17.6. The number of hydrogen-bond donors (Lipinski definition) is 0. The van der Waals surface area contributed by atoms with Gasteiger partial charge in [0.2, 0.25) is 0 Å². The van der Waals surface area contributed by atoms with Crippen LogP contribution in [0.3, 0.4) is 0 Å². The summed E-state index contributed by atoms with van der Waals surface area (Å²) in [5, 5.41) is 0. The first-order chi connectivity index (χ1) is 4.00. The molecular weight excluding hydrogens is 213 g/mol. The van der Waals surface area contributed by atoms with Gasteiger partial charge in [0.25, 0.3) is 0 Å². The molecule has 0 aliphatic rings. The molecule has 0 unspecified atom stereocenters. The minimum absolute atomic E-state index is 0. The second kappa shape index (κ2) is 9.03. The Morgan fingerprint density at radius 1 is 0.417 bits per heavy atom. The van der Waals surface area contributed by atoms with Crippen molar-refractivity contribution in [2.24, 2.45) is 0 Å². The molecular formula is Cl2Li2O8. The van der Waals surface area contributed by atoms with E-state index in [1.807, 2.05) is 0 Å². The first-order valence-electron chi connectivity index (χ1n) is 1.23. The van der Waals surface area contributed by atoms with Gasteiger partial charge >= 0.3 is 37.7 Å². The van der Waals surface area contributed by atoms with Gasteiger partial charge in [-0.2, -0.15) is 0 Å². The van der Waals surface area contributed by atoms with Crippen molar-refractivity contribution in [2.45, 2.75) is 0 Å². The summed E-state index contributed by atoms with van der Waals surface area (Å²) in [6.45, 7) is 0. The average molecular weight is 213 g/mol. The van der Waals surface area contributed by atoms with E-state index in [2.05, 4.69) is 0 Å². The van der Waals surface area contributed by atoms with Crippen molar-refractivity contribution in [3.63, 3.8) is 0 Å². The van der Waals surface area contributed by atoms with Crippen LogP contribution in [-0.4, -0.2) is 0 Å². The van der Waals surface area contributed by atoms with Gasteiger partial charge in [0.05, 0.1) is 0 Å². The van der Waals surface area contributed by atoms with Crippen LogP contribution in [0.5, 0.6) is 0 Å². The van der Waals surface area contributed by atoms with Crippen LogP contribution in [0.1, 0.15) is 0 Å². The molecule has 0 spiro atoms. The SMILES string of the molecule is [Li+].[Li+].[O-][Cl+3]([O-])([O-])[O-].[O-][Cl+3]([O-])([O-])[O-]. The zero-order chi connectivity index (χ0) is 9.00. The molecule has 0 radical (unpaired) electrons. The molecule has 0 saturated carbocycles. The maximum atomic E-state index is 8.49. The van der Waals surface area contributed by atoms with E-state index >= 15 is 0 Å². The van der Waals surface area contributed by atoms with E-state index in [4.69, 9.17) is 37.3 Å². The van der Waals surface area contributed by atoms with Crippen LogP contribution in [0, 0.1) is 20.5 Å². The van der Waals surface area contributed by atoms with Gasteiger partial charge in [-0.3, -0.25) is 0 Å². The maximum Gasteiger partial charge on any atom is 1.00 e. The fourth-order valence-corrected chi connectivity index (χ4v) is 0. The van der Waals surface area contributed by atoms with Gasteiger partial charge in [-0.05, 0) is 0 Å². The smallest absolute Gasteiger partial charge is 0.222 e. The molecule has 12 heavy (non-hydrogen) atoms.